The quantitative estimate of drug-likeness (QED) is 0.288. The Morgan fingerprint density at radius 1 is 1.04 bits per heavy atom. The maximum atomic E-state index is 12.8. The van der Waals surface area contributed by atoms with Crippen LogP contribution in [0.25, 0.3) is 0 Å². The van der Waals surface area contributed by atoms with Gasteiger partial charge in [-0.15, -0.1) is 0 Å². The van der Waals surface area contributed by atoms with Gasteiger partial charge in [0.15, 0.2) is 9.84 Å². The largest absolute Gasteiger partial charge is 0.380 e. The molecule has 0 aliphatic heterocycles. The predicted molar refractivity (Wildman–Crippen MR) is 110 cm³/mol. The van der Waals surface area contributed by atoms with Gasteiger partial charge >= 0.3 is 0 Å². The van der Waals surface area contributed by atoms with Crippen LogP contribution >= 0.6 is 15.9 Å². The molecule has 144 valence electrons. The van der Waals surface area contributed by atoms with Crippen LogP contribution in [0.2, 0.25) is 0 Å². The third kappa shape index (κ3) is 6.72. The first-order chi connectivity index (χ1) is 12.7. The maximum absolute atomic E-state index is 12.8. The fourth-order valence-electron chi connectivity index (χ4n) is 3.23. The normalized spacial score (nSPS) is 15.0. The first-order valence-electron chi connectivity index (χ1n) is 9.62. The summed E-state index contributed by atoms with van der Waals surface area (Å²) in [4.78, 5) is 0.395. The van der Waals surface area contributed by atoms with E-state index in [0.29, 0.717) is 23.5 Å². The number of ether oxygens (including phenoxy) is 1. The van der Waals surface area contributed by atoms with Gasteiger partial charge in [0, 0.05) is 23.9 Å². The van der Waals surface area contributed by atoms with Gasteiger partial charge in [0.2, 0.25) is 0 Å². The smallest absolute Gasteiger partial charge is 0.182 e. The van der Waals surface area contributed by atoms with Gasteiger partial charge in [-0.1, -0.05) is 65.6 Å². The Balaban J connectivity index is 1.83. The molecular formula is C21H29BrO3S. The van der Waals surface area contributed by atoms with Crippen molar-refractivity contribution in [2.24, 2.45) is 0 Å². The Hall–Kier alpha value is -0.830. The summed E-state index contributed by atoms with van der Waals surface area (Å²) >= 11 is 3.43. The Morgan fingerprint density at radius 3 is 2.54 bits per heavy atom. The topological polar surface area (TPSA) is 43.4 Å². The Bertz CT molecular complexity index is 697. The van der Waals surface area contributed by atoms with E-state index < -0.39 is 9.84 Å². The van der Waals surface area contributed by atoms with Gasteiger partial charge in [0.05, 0.1) is 16.8 Å². The zero-order valence-electron chi connectivity index (χ0n) is 15.4. The summed E-state index contributed by atoms with van der Waals surface area (Å²) in [6, 6.07) is 7.13. The van der Waals surface area contributed by atoms with Gasteiger partial charge in [0.25, 0.3) is 0 Å². The average molecular weight is 441 g/mol. The molecule has 3 nitrogen and oxygen atoms in total. The molecule has 1 aliphatic rings. The summed E-state index contributed by atoms with van der Waals surface area (Å²) in [6.07, 6.45) is 8.92. The van der Waals surface area contributed by atoms with E-state index in [-0.39, 0.29) is 5.25 Å². The SMILES string of the molecule is O=S(=O)(c1ccccc1C#CCCOCCCCCCBr)C1CCCC1. The van der Waals surface area contributed by atoms with Crippen molar-refractivity contribution in [1.82, 2.24) is 0 Å². The van der Waals surface area contributed by atoms with Crippen molar-refractivity contribution in [2.75, 3.05) is 18.5 Å². The fraction of sp³-hybridized carbons (Fsp3) is 0.619. The molecule has 0 spiro atoms. The number of rotatable bonds is 10. The van der Waals surface area contributed by atoms with Crippen molar-refractivity contribution >= 4 is 25.8 Å². The van der Waals surface area contributed by atoms with Crippen LogP contribution in [0, 0.1) is 11.8 Å². The highest BCUT2D eigenvalue weighted by Crippen LogP contribution is 2.30. The summed E-state index contributed by atoms with van der Waals surface area (Å²) in [6.45, 7) is 1.37. The lowest BCUT2D eigenvalue weighted by Crippen LogP contribution is -2.18. The minimum atomic E-state index is -3.27. The molecule has 1 fully saturated rings. The van der Waals surface area contributed by atoms with Crippen molar-refractivity contribution in [2.45, 2.75) is 67.9 Å². The molecule has 0 N–H and O–H groups in total. The molecule has 0 radical (unpaired) electrons. The molecule has 0 bridgehead atoms. The zero-order valence-corrected chi connectivity index (χ0v) is 17.8. The Kier molecular flexibility index (Phi) is 9.74. The summed E-state index contributed by atoms with van der Waals surface area (Å²) in [5.74, 6) is 6.12. The first-order valence-corrected chi connectivity index (χ1v) is 12.3. The minimum Gasteiger partial charge on any atom is -0.380 e. The molecule has 0 heterocycles. The number of benzene rings is 1. The highest BCUT2D eigenvalue weighted by molar-refractivity contribution is 9.09. The van der Waals surface area contributed by atoms with Gasteiger partial charge < -0.3 is 4.74 Å². The highest BCUT2D eigenvalue weighted by atomic mass is 79.9. The van der Waals surface area contributed by atoms with E-state index in [1.165, 1.54) is 19.3 Å². The van der Waals surface area contributed by atoms with Gasteiger partial charge in [-0.05, 0) is 37.8 Å². The molecule has 1 saturated carbocycles. The summed E-state index contributed by atoms with van der Waals surface area (Å²) in [5, 5.41) is 0.833. The molecule has 1 aliphatic carbocycles. The third-order valence-electron chi connectivity index (χ3n) is 4.70. The number of halogens is 1. The van der Waals surface area contributed by atoms with Crippen LogP contribution in [0.4, 0.5) is 0 Å². The van der Waals surface area contributed by atoms with Crippen molar-refractivity contribution in [1.29, 1.82) is 0 Å². The molecular weight excluding hydrogens is 412 g/mol. The molecule has 0 atom stereocenters. The van der Waals surface area contributed by atoms with Crippen molar-refractivity contribution < 1.29 is 13.2 Å². The molecule has 0 unspecified atom stereocenters. The third-order valence-corrected chi connectivity index (χ3v) is 7.58. The van der Waals surface area contributed by atoms with E-state index in [0.717, 1.165) is 44.0 Å². The summed E-state index contributed by atoms with van der Waals surface area (Å²) in [5.41, 5.74) is 0.620. The second-order valence-corrected chi connectivity index (χ2v) is 9.70. The summed E-state index contributed by atoms with van der Waals surface area (Å²) < 4.78 is 31.3. The average Bonchev–Trinajstić information content (AvgIpc) is 3.19. The van der Waals surface area contributed by atoms with Crippen LogP contribution in [0.1, 0.15) is 63.4 Å². The number of hydrogen-bond donors (Lipinski definition) is 0. The highest BCUT2D eigenvalue weighted by Gasteiger charge is 2.31. The van der Waals surface area contributed by atoms with E-state index >= 15 is 0 Å². The number of sulfone groups is 1. The van der Waals surface area contributed by atoms with Gasteiger partial charge in [-0.2, -0.15) is 0 Å². The zero-order chi connectivity index (χ0) is 18.7. The lowest BCUT2D eigenvalue weighted by molar-refractivity contribution is 0.135. The van der Waals surface area contributed by atoms with Crippen LogP contribution < -0.4 is 0 Å². The van der Waals surface area contributed by atoms with Crippen LogP contribution in [-0.2, 0) is 14.6 Å². The van der Waals surface area contributed by atoms with E-state index in [1.54, 1.807) is 18.2 Å². The monoisotopic (exact) mass is 440 g/mol. The Morgan fingerprint density at radius 2 is 1.77 bits per heavy atom. The predicted octanol–water partition coefficient (Wildman–Crippen LogP) is 5.12. The molecule has 5 heteroatoms. The van der Waals surface area contributed by atoms with Crippen LogP contribution in [-0.4, -0.2) is 32.2 Å². The molecule has 0 saturated heterocycles. The van der Waals surface area contributed by atoms with Crippen LogP contribution in [0.3, 0.4) is 0 Å². The molecule has 1 aromatic rings. The number of hydrogen-bond acceptors (Lipinski definition) is 3. The first kappa shape index (κ1) is 21.5. The maximum Gasteiger partial charge on any atom is 0.182 e. The van der Waals surface area contributed by atoms with Crippen LogP contribution in [0.5, 0.6) is 0 Å². The van der Waals surface area contributed by atoms with Crippen LogP contribution in [0.15, 0.2) is 29.2 Å². The number of alkyl halides is 1. The van der Waals surface area contributed by atoms with Gasteiger partial charge in [-0.3, -0.25) is 0 Å². The molecule has 0 amide bonds. The van der Waals surface area contributed by atoms with Crippen molar-refractivity contribution in [3.05, 3.63) is 29.8 Å². The van der Waals surface area contributed by atoms with Crippen molar-refractivity contribution in [3.8, 4) is 11.8 Å². The van der Waals surface area contributed by atoms with Gasteiger partial charge in [0.1, 0.15) is 0 Å². The molecule has 2 rings (SSSR count). The number of unbranched alkanes of at least 4 members (excludes halogenated alkanes) is 3. The summed E-state index contributed by atoms with van der Waals surface area (Å²) in [7, 11) is -3.27. The van der Waals surface area contributed by atoms with E-state index in [4.69, 9.17) is 4.74 Å². The van der Waals surface area contributed by atoms with Crippen molar-refractivity contribution in [3.63, 3.8) is 0 Å². The van der Waals surface area contributed by atoms with E-state index in [2.05, 4.69) is 27.8 Å². The second-order valence-electron chi connectivity index (χ2n) is 6.71. The van der Waals surface area contributed by atoms with Gasteiger partial charge in [-0.25, -0.2) is 8.42 Å². The standard InChI is InChI=1S/C21H29BrO3S/c22-16-8-1-2-9-17-25-18-10-7-12-19-11-3-6-15-21(19)26(23,24)20-13-4-5-14-20/h3,6,11,15,20H,1-2,4-5,8-10,13-14,16-18H2. The molecule has 0 aromatic heterocycles. The second kappa shape index (κ2) is 11.8. The minimum absolute atomic E-state index is 0.238. The Labute approximate surface area is 167 Å². The molecule has 1 aromatic carbocycles. The lowest BCUT2D eigenvalue weighted by atomic mass is 10.2. The fourth-order valence-corrected chi connectivity index (χ4v) is 5.63. The van der Waals surface area contributed by atoms with E-state index in [1.807, 2.05) is 6.07 Å². The lowest BCUT2D eigenvalue weighted by Gasteiger charge is -2.12. The molecule has 26 heavy (non-hydrogen) atoms. The van der Waals surface area contributed by atoms with E-state index in [9.17, 15) is 8.42 Å².